The molecule has 1 aliphatic rings. The number of nitrogens with one attached hydrogen (secondary N) is 1. The molecule has 110 valence electrons. The topological polar surface area (TPSA) is 38.3 Å². The zero-order chi connectivity index (χ0) is 15.1. The molecule has 1 amide bonds. The van der Waals surface area contributed by atoms with E-state index in [4.69, 9.17) is 16.3 Å². The average Bonchev–Trinajstić information content (AvgIpc) is 2.31. The van der Waals surface area contributed by atoms with Gasteiger partial charge in [-0.05, 0) is 17.7 Å². The van der Waals surface area contributed by atoms with Gasteiger partial charge < -0.3 is 10.1 Å². The van der Waals surface area contributed by atoms with Crippen molar-refractivity contribution in [3.8, 4) is 0 Å². The number of amides is 1. The first-order valence-corrected chi connectivity index (χ1v) is 6.29. The van der Waals surface area contributed by atoms with Crippen LogP contribution in [0.2, 0.25) is 5.02 Å². The SMILES string of the molecule is CC1(C)COC(=O)N[C@@H]1c1ccc(Cl)cc1C(F)(F)F. The minimum absolute atomic E-state index is 0.00253. The smallest absolute Gasteiger partial charge is 0.416 e. The monoisotopic (exact) mass is 307 g/mol. The van der Waals surface area contributed by atoms with Crippen LogP contribution in [0.3, 0.4) is 0 Å². The molecule has 1 aliphatic heterocycles. The first-order valence-electron chi connectivity index (χ1n) is 5.91. The molecular weight excluding hydrogens is 295 g/mol. The molecule has 20 heavy (non-hydrogen) atoms. The molecule has 0 spiro atoms. The van der Waals surface area contributed by atoms with Crippen LogP contribution in [0.25, 0.3) is 0 Å². The molecular formula is C13H13ClF3NO2. The maximum absolute atomic E-state index is 13.1. The molecule has 0 unspecified atom stereocenters. The number of alkyl carbamates (subject to hydrolysis) is 1. The third-order valence-corrected chi connectivity index (χ3v) is 3.49. The van der Waals surface area contributed by atoms with Crippen LogP contribution in [0.4, 0.5) is 18.0 Å². The molecule has 0 aliphatic carbocycles. The Hall–Kier alpha value is -1.43. The molecule has 1 aromatic rings. The predicted molar refractivity (Wildman–Crippen MR) is 67.5 cm³/mol. The lowest BCUT2D eigenvalue weighted by Gasteiger charge is -2.39. The van der Waals surface area contributed by atoms with Crippen molar-refractivity contribution in [1.82, 2.24) is 5.32 Å². The van der Waals surface area contributed by atoms with E-state index in [0.717, 1.165) is 6.07 Å². The van der Waals surface area contributed by atoms with Crippen molar-refractivity contribution >= 4 is 17.7 Å². The van der Waals surface area contributed by atoms with Gasteiger partial charge >= 0.3 is 12.3 Å². The minimum Gasteiger partial charge on any atom is -0.449 e. The predicted octanol–water partition coefficient (Wildman–Crippen LogP) is 4.17. The van der Waals surface area contributed by atoms with Crippen LogP contribution < -0.4 is 5.32 Å². The van der Waals surface area contributed by atoms with Crippen molar-refractivity contribution in [3.63, 3.8) is 0 Å². The molecule has 1 heterocycles. The van der Waals surface area contributed by atoms with Gasteiger partial charge in [0.25, 0.3) is 0 Å². The van der Waals surface area contributed by atoms with E-state index < -0.39 is 29.3 Å². The maximum atomic E-state index is 13.1. The van der Waals surface area contributed by atoms with E-state index in [1.165, 1.54) is 12.1 Å². The highest BCUT2D eigenvalue weighted by atomic mass is 35.5. The Balaban J connectivity index is 2.53. The standard InChI is InChI=1S/C13H13ClF3NO2/c1-12(2)6-20-11(19)18-10(12)8-4-3-7(14)5-9(8)13(15,16)17/h3-5,10H,6H2,1-2H3,(H,18,19)/t10-/m1/s1. The molecule has 1 atom stereocenters. The van der Waals surface area contributed by atoms with E-state index in [0.29, 0.717) is 0 Å². The second-order valence-electron chi connectivity index (χ2n) is 5.37. The summed E-state index contributed by atoms with van der Waals surface area (Å²) in [5, 5.41) is 2.45. The lowest BCUT2D eigenvalue weighted by atomic mass is 9.79. The van der Waals surface area contributed by atoms with Crippen LogP contribution in [0.5, 0.6) is 0 Å². The summed E-state index contributed by atoms with van der Waals surface area (Å²) >= 11 is 5.65. The number of benzene rings is 1. The second kappa shape index (κ2) is 4.84. The summed E-state index contributed by atoms with van der Waals surface area (Å²) in [6.45, 7) is 3.50. The molecule has 7 heteroatoms. The number of carbonyl (C=O) groups is 1. The Kier molecular flexibility index (Phi) is 3.62. The Bertz CT molecular complexity index is 543. The van der Waals surface area contributed by atoms with E-state index >= 15 is 0 Å². The molecule has 1 aromatic carbocycles. The largest absolute Gasteiger partial charge is 0.449 e. The Labute approximate surface area is 119 Å². The normalized spacial score (nSPS) is 22.1. The number of halogens is 4. The maximum Gasteiger partial charge on any atom is 0.416 e. The van der Waals surface area contributed by atoms with Crippen molar-refractivity contribution in [3.05, 3.63) is 34.3 Å². The quantitative estimate of drug-likeness (QED) is 0.846. The molecule has 0 saturated carbocycles. The number of hydrogen-bond acceptors (Lipinski definition) is 2. The van der Waals surface area contributed by atoms with Crippen molar-refractivity contribution < 1.29 is 22.7 Å². The number of rotatable bonds is 1. The van der Waals surface area contributed by atoms with Crippen LogP contribution in [0, 0.1) is 5.41 Å². The summed E-state index contributed by atoms with van der Waals surface area (Å²) in [7, 11) is 0. The molecule has 0 radical (unpaired) electrons. The molecule has 0 aromatic heterocycles. The van der Waals surface area contributed by atoms with E-state index in [2.05, 4.69) is 5.32 Å². The number of cyclic esters (lactones) is 1. The van der Waals surface area contributed by atoms with Gasteiger partial charge in [-0.15, -0.1) is 0 Å². The Morgan fingerprint density at radius 3 is 2.65 bits per heavy atom. The van der Waals surface area contributed by atoms with Gasteiger partial charge in [0, 0.05) is 10.4 Å². The first kappa shape index (κ1) is 15.0. The van der Waals surface area contributed by atoms with Gasteiger partial charge in [0.05, 0.1) is 11.6 Å². The molecule has 3 nitrogen and oxygen atoms in total. The highest BCUT2D eigenvalue weighted by Gasteiger charge is 2.43. The summed E-state index contributed by atoms with van der Waals surface area (Å²) < 4.78 is 44.2. The fraction of sp³-hybridized carbons (Fsp3) is 0.462. The number of carbonyl (C=O) groups excluding carboxylic acids is 1. The number of hydrogen-bond donors (Lipinski definition) is 1. The molecule has 0 bridgehead atoms. The van der Waals surface area contributed by atoms with Gasteiger partial charge in [0.15, 0.2) is 0 Å². The zero-order valence-electron chi connectivity index (χ0n) is 10.8. The minimum atomic E-state index is -4.54. The third-order valence-electron chi connectivity index (χ3n) is 3.25. The van der Waals surface area contributed by atoms with Crippen LogP contribution >= 0.6 is 11.6 Å². The van der Waals surface area contributed by atoms with Crippen LogP contribution in [-0.4, -0.2) is 12.7 Å². The molecule has 1 fully saturated rings. The van der Waals surface area contributed by atoms with Crippen LogP contribution in [0.15, 0.2) is 18.2 Å². The van der Waals surface area contributed by atoms with E-state index in [-0.39, 0.29) is 17.2 Å². The van der Waals surface area contributed by atoms with Gasteiger partial charge in [-0.2, -0.15) is 13.2 Å². The second-order valence-corrected chi connectivity index (χ2v) is 5.81. The van der Waals surface area contributed by atoms with Crippen molar-refractivity contribution in [1.29, 1.82) is 0 Å². The van der Waals surface area contributed by atoms with E-state index in [9.17, 15) is 18.0 Å². The Morgan fingerprint density at radius 2 is 2.05 bits per heavy atom. The average molecular weight is 308 g/mol. The molecule has 1 N–H and O–H groups in total. The molecule has 1 saturated heterocycles. The summed E-state index contributed by atoms with van der Waals surface area (Å²) in [5.74, 6) is 0. The van der Waals surface area contributed by atoms with E-state index in [1.54, 1.807) is 13.8 Å². The number of alkyl halides is 3. The van der Waals surface area contributed by atoms with Gasteiger partial charge in [-0.1, -0.05) is 31.5 Å². The van der Waals surface area contributed by atoms with Gasteiger partial charge in [0.2, 0.25) is 0 Å². The first-order chi connectivity index (χ1) is 9.11. The van der Waals surface area contributed by atoms with Gasteiger partial charge in [-0.3, -0.25) is 0 Å². The fourth-order valence-corrected chi connectivity index (χ4v) is 2.39. The van der Waals surface area contributed by atoms with Crippen molar-refractivity contribution in [2.24, 2.45) is 5.41 Å². The Morgan fingerprint density at radius 1 is 1.40 bits per heavy atom. The van der Waals surface area contributed by atoms with Gasteiger partial charge in [0.1, 0.15) is 6.61 Å². The zero-order valence-corrected chi connectivity index (χ0v) is 11.6. The highest BCUT2D eigenvalue weighted by Crippen LogP contribution is 2.43. The summed E-state index contributed by atoms with van der Waals surface area (Å²) in [6.07, 6.45) is -5.27. The summed E-state index contributed by atoms with van der Waals surface area (Å²) in [4.78, 5) is 11.3. The van der Waals surface area contributed by atoms with Crippen molar-refractivity contribution in [2.75, 3.05) is 6.61 Å². The molecule has 2 rings (SSSR count). The van der Waals surface area contributed by atoms with Gasteiger partial charge in [-0.25, -0.2) is 4.79 Å². The lowest BCUT2D eigenvalue weighted by molar-refractivity contribution is -0.139. The summed E-state index contributed by atoms with van der Waals surface area (Å²) in [5.41, 5.74) is -1.52. The third kappa shape index (κ3) is 2.85. The van der Waals surface area contributed by atoms with Crippen molar-refractivity contribution in [2.45, 2.75) is 26.1 Å². The number of ether oxygens (including phenoxy) is 1. The highest BCUT2D eigenvalue weighted by molar-refractivity contribution is 6.30. The van der Waals surface area contributed by atoms with E-state index in [1.807, 2.05) is 0 Å². The van der Waals surface area contributed by atoms with Crippen LogP contribution in [0.1, 0.15) is 31.0 Å². The lowest BCUT2D eigenvalue weighted by Crippen LogP contribution is -2.47. The van der Waals surface area contributed by atoms with Crippen LogP contribution in [-0.2, 0) is 10.9 Å². The fourth-order valence-electron chi connectivity index (χ4n) is 2.21. The summed E-state index contributed by atoms with van der Waals surface area (Å²) in [6, 6.07) is 2.75.